The van der Waals surface area contributed by atoms with E-state index < -0.39 is 0 Å². The molecule has 0 aromatic carbocycles. The highest BCUT2D eigenvalue weighted by molar-refractivity contribution is 5.75. The largest absolute Gasteiger partial charge is 0.481 e. The maximum absolute atomic E-state index is 12.6. The van der Waals surface area contributed by atoms with Gasteiger partial charge in [-0.2, -0.15) is 0 Å². The first-order valence-electron chi connectivity index (χ1n) is 11.2. The standard InChI is InChI=1S/C24H34N2O6/c1-15(2)6-8-18-23(3,32-18)22-21(29-5)17(10-11-24(22)14-30-24)31-20(27)13-25-16-7-9-19(28-4)26-12-16/h6-7,9,12,17-18,21-22,25H,8,10-11,13-14H2,1-5H3/t17-,18-,21-,22-,23-,24+/m1/s1. The Labute approximate surface area is 189 Å². The molecular weight excluding hydrogens is 412 g/mol. The number of hydrogen-bond donors (Lipinski definition) is 1. The molecule has 1 N–H and O–H groups in total. The van der Waals surface area contributed by atoms with Gasteiger partial charge in [0, 0.05) is 13.2 Å². The molecule has 32 heavy (non-hydrogen) atoms. The van der Waals surface area contributed by atoms with Crippen molar-refractivity contribution in [3.63, 3.8) is 0 Å². The Balaban J connectivity index is 1.39. The van der Waals surface area contributed by atoms with E-state index in [2.05, 4.69) is 37.1 Å². The van der Waals surface area contributed by atoms with Gasteiger partial charge >= 0.3 is 5.97 Å². The Kier molecular flexibility index (Phi) is 6.47. The summed E-state index contributed by atoms with van der Waals surface area (Å²) in [6.07, 6.45) is 5.74. The lowest BCUT2D eigenvalue weighted by atomic mass is 9.68. The van der Waals surface area contributed by atoms with Gasteiger partial charge in [0.15, 0.2) is 0 Å². The highest BCUT2D eigenvalue weighted by atomic mass is 16.6. The van der Waals surface area contributed by atoms with E-state index in [9.17, 15) is 4.79 Å². The predicted octanol–water partition coefficient (Wildman–Crippen LogP) is 3.12. The van der Waals surface area contributed by atoms with E-state index in [0.717, 1.165) is 18.5 Å². The van der Waals surface area contributed by atoms with E-state index in [0.29, 0.717) is 18.9 Å². The Bertz CT molecular complexity index is 849. The fraction of sp³-hybridized carbons (Fsp3) is 0.667. The van der Waals surface area contributed by atoms with Gasteiger partial charge in [0.05, 0.1) is 37.6 Å². The van der Waals surface area contributed by atoms with Crippen LogP contribution in [0.2, 0.25) is 0 Å². The van der Waals surface area contributed by atoms with Gasteiger partial charge in [0.2, 0.25) is 5.88 Å². The number of methoxy groups -OCH3 is 2. The van der Waals surface area contributed by atoms with Gasteiger partial charge < -0.3 is 29.0 Å². The molecule has 0 amide bonds. The van der Waals surface area contributed by atoms with Crippen LogP contribution in [-0.2, 0) is 23.7 Å². The average molecular weight is 447 g/mol. The van der Waals surface area contributed by atoms with Crippen molar-refractivity contribution in [2.45, 2.75) is 69.5 Å². The number of carbonyl (C=O) groups is 1. The van der Waals surface area contributed by atoms with Crippen LogP contribution in [0.5, 0.6) is 5.88 Å². The summed E-state index contributed by atoms with van der Waals surface area (Å²) in [6, 6.07) is 3.54. The van der Waals surface area contributed by atoms with Crippen LogP contribution in [0.15, 0.2) is 30.0 Å². The van der Waals surface area contributed by atoms with Crippen molar-refractivity contribution >= 4 is 11.7 Å². The summed E-state index contributed by atoms with van der Waals surface area (Å²) in [4.78, 5) is 16.7. The Morgan fingerprint density at radius 2 is 2.12 bits per heavy atom. The maximum Gasteiger partial charge on any atom is 0.325 e. The molecule has 0 unspecified atom stereocenters. The Morgan fingerprint density at radius 3 is 2.72 bits per heavy atom. The third kappa shape index (κ3) is 4.63. The summed E-state index contributed by atoms with van der Waals surface area (Å²) in [5.41, 5.74) is 1.42. The SMILES string of the molecule is COc1ccc(NCC(=O)O[C@@H]2CC[C@]3(CO3)[C@@H]([C@]3(C)O[C@@H]3CC=C(C)C)[C@@H]2OC)cn1. The zero-order valence-corrected chi connectivity index (χ0v) is 19.6. The fourth-order valence-corrected chi connectivity index (χ4v) is 5.06. The van der Waals surface area contributed by atoms with Crippen molar-refractivity contribution in [3.8, 4) is 5.88 Å². The second-order valence-electron chi connectivity index (χ2n) is 9.35. The molecule has 0 radical (unpaired) electrons. The molecule has 3 fully saturated rings. The van der Waals surface area contributed by atoms with Gasteiger partial charge in [-0.25, -0.2) is 4.98 Å². The molecular formula is C24H34N2O6. The number of carbonyl (C=O) groups excluding carboxylic acids is 1. The summed E-state index contributed by atoms with van der Waals surface area (Å²) in [5.74, 6) is 0.201. The van der Waals surface area contributed by atoms with Gasteiger partial charge in [0.1, 0.15) is 30.0 Å². The Morgan fingerprint density at radius 1 is 1.34 bits per heavy atom. The van der Waals surface area contributed by atoms with Crippen LogP contribution in [0, 0.1) is 5.92 Å². The molecule has 1 aromatic rings. The number of hydrogen-bond acceptors (Lipinski definition) is 8. The van der Waals surface area contributed by atoms with Crippen molar-refractivity contribution in [1.29, 1.82) is 0 Å². The summed E-state index contributed by atoms with van der Waals surface area (Å²) in [6.45, 7) is 7.08. The van der Waals surface area contributed by atoms with Crippen LogP contribution in [0.25, 0.3) is 0 Å². The molecule has 6 atom stereocenters. The van der Waals surface area contributed by atoms with Gasteiger partial charge in [-0.15, -0.1) is 0 Å². The molecule has 2 saturated heterocycles. The lowest BCUT2D eigenvalue weighted by Gasteiger charge is -2.42. The van der Waals surface area contributed by atoms with E-state index >= 15 is 0 Å². The van der Waals surface area contributed by atoms with Gasteiger partial charge in [-0.05, 0) is 46.1 Å². The lowest BCUT2D eigenvalue weighted by Crippen LogP contribution is -2.55. The number of rotatable bonds is 9. The minimum atomic E-state index is -0.346. The molecule has 3 aliphatic rings. The second-order valence-corrected chi connectivity index (χ2v) is 9.35. The normalized spacial score (nSPS) is 35.2. The van der Waals surface area contributed by atoms with E-state index in [1.807, 2.05) is 0 Å². The lowest BCUT2D eigenvalue weighted by molar-refractivity contribution is -0.170. The Hall–Kier alpha value is -2.16. The maximum atomic E-state index is 12.6. The first kappa shape index (κ1) is 23.0. The minimum absolute atomic E-state index is 0.0147. The van der Waals surface area contributed by atoms with Crippen LogP contribution in [-0.4, -0.2) is 67.8 Å². The van der Waals surface area contributed by atoms with Crippen molar-refractivity contribution in [3.05, 3.63) is 30.0 Å². The van der Waals surface area contributed by atoms with Crippen LogP contribution in [0.3, 0.4) is 0 Å². The fourth-order valence-electron chi connectivity index (χ4n) is 5.06. The van der Waals surface area contributed by atoms with E-state index in [1.165, 1.54) is 5.57 Å². The third-order valence-electron chi connectivity index (χ3n) is 6.90. The van der Waals surface area contributed by atoms with Gasteiger partial charge in [-0.1, -0.05) is 11.6 Å². The summed E-state index contributed by atoms with van der Waals surface area (Å²) < 4.78 is 29.0. The molecule has 1 spiro atoms. The van der Waals surface area contributed by atoms with Crippen molar-refractivity contribution < 1.29 is 28.5 Å². The molecule has 1 aliphatic carbocycles. The summed E-state index contributed by atoms with van der Waals surface area (Å²) in [5, 5.41) is 3.05. The number of pyridine rings is 1. The van der Waals surface area contributed by atoms with E-state index in [4.69, 9.17) is 23.7 Å². The van der Waals surface area contributed by atoms with Gasteiger partial charge in [-0.3, -0.25) is 4.79 Å². The topological polar surface area (TPSA) is 94.7 Å². The average Bonchev–Trinajstić information content (AvgIpc) is 3.69. The number of ether oxygens (including phenoxy) is 5. The van der Waals surface area contributed by atoms with Crippen LogP contribution >= 0.6 is 0 Å². The first-order valence-corrected chi connectivity index (χ1v) is 11.2. The smallest absolute Gasteiger partial charge is 0.325 e. The minimum Gasteiger partial charge on any atom is -0.481 e. The second kappa shape index (κ2) is 9.00. The third-order valence-corrected chi connectivity index (χ3v) is 6.90. The van der Waals surface area contributed by atoms with Crippen molar-refractivity contribution in [1.82, 2.24) is 4.98 Å². The van der Waals surface area contributed by atoms with Crippen LogP contribution < -0.4 is 10.1 Å². The van der Waals surface area contributed by atoms with Crippen LogP contribution in [0.1, 0.15) is 40.0 Å². The molecule has 3 heterocycles. The molecule has 2 aliphatic heterocycles. The predicted molar refractivity (Wildman–Crippen MR) is 119 cm³/mol. The molecule has 4 rings (SSSR count). The number of anilines is 1. The summed E-state index contributed by atoms with van der Waals surface area (Å²) in [7, 11) is 3.24. The van der Waals surface area contributed by atoms with E-state index in [-0.39, 0.29) is 47.9 Å². The molecule has 8 heteroatoms. The number of epoxide rings is 2. The molecule has 8 nitrogen and oxygen atoms in total. The number of nitrogens with zero attached hydrogens (tertiary/aromatic N) is 1. The van der Waals surface area contributed by atoms with Crippen molar-refractivity contribution in [2.24, 2.45) is 5.92 Å². The zero-order valence-electron chi connectivity index (χ0n) is 19.6. The monoisotopic (exact) mass is 446 g/mol. The summed E-state index contributed by atoms with van der Waals surface area (Å²) >= 11 is 0. The molecule has 176 valence electrons. The molecule has 1 saturated carbocycles. The highest BCUT2D eigenvalue weighted by Gasteiger charge is 2.72. The zero-order chi connectivity index (χ0) is 22.9. The quantitative estimate of drug-likeness (QED) is 0.351. The van der Waals surface area contributed by atoms with E-state index in [1.54, 1.807) is 32.5 Å². The number of nitrogens with one attached hydrogen (secondary N) is 1. The first-order chi connectivity index (χ1) is 15.3. The number of esters is 1. The number of allylic oxidation sites excluding steroid dienone is 1. The van der Waals surface area contributed by atoms with Gasteiger partial charge in [0.25, 0.3) is 0 Å². The molecule has 0 bridgehead atoms. The number of aromatic nitrogens is 1. The van der Waals surface area contributed by atoms with Crippen molar-refractivity contribution in [2.75, 3.05) is 32.7 Å². The van der Waals surface area contributed by atoms with Crippen LogP contribution in [0.4, 0.5) is 5.69 Å². The molecule has 1 aromatic heterocycles. The highest BCUT2D eigenvalue weighted by Crippen LogP contribution is 2.59.